The van der Waals surface area contributed by atoms with Gasteiger partial charge in [-0.05, 0) is 12.8 Å². The van der Waals surface area contributed by atoms with E-state index in [1.54, 1.807) is 0 Å². The second-order valence-electron chi connectivity index (χ2n) is 3.95. The van der Waals surface area contributed by atoms with Crippen molar-refractivity contribution in [1.82, 2.24) is 19.7 Å². The Labute approximate surface area is 105 Å². The molecule has 0 saturated heterocycles. The zero-order chi connectivity index (χ0) is 12.3. The molecule has 0 atom stereocenters. The average molecular weight is 251 g/mol. The van der Waals surface area contributed by atoms with Gasteiger partial charge in [-0.2, -0.15) is 5.10 Å². The standard InChI is InChI=1S/C11H17N5S/c1-3-9-14-10(16(2)15-9)6-4-5-8-7-17-11(12)13-8/h7H,3-6H2,1-2H3,(H2,12,13). The van der Waals surface area contributed by atoms with Crippen LogP contribution in [0, 0.1) is 0 Å². The number of aromatic nitrogens is 4. The summed E-state index contributed by atoms with van der Waals surface area (Å²) < 4.78 is 1.87. The van der Waals surface area contributed by atoms with Crippen molar-refractivity contribution >= 4 is 16.5 Å². The van der Waals surface area contributed by atoms with Crippen molar-refractivity contribution in [1.29, 1.82) is 0 Å². The fraction of sp³-hybridized carbons (Fsp3) is 0.545. The Bertz CT molecular complexity index is 488. The highest BCUT2D eigenvalue weighted by atomic mass is 32.1. The fourth-order valence-electron chi connectivity index (χ4n) is 1.71. The number of rotatable bonds is 5. The van der Waals surface area contributed by atoms with Crippen molar-refractivity contribution in [2.75, 3.05) is 5.73 Å². The first-order chi connectivity index (χ1) is 8.19. The van der Waals surface area contributed by atoms with Gasteiger partial charge in [0, 0.05) is 25.3 Å². The molecule has 0 amide bonds. The molecule has 6 heteroatoms. The molecule has 0 fully saturated rings. The lowest BCUT2D eigenvalue weighted by molar-refractivity contribution is 0.665. The maximum Gasteiger partial charge on any atom is 0.180 e. The molecular formula is C11H17N5S. The van der Waals surface area contributed by atoms with Gasteiger partial charge in [0.05, 0.1) is 5.69 Å². The molecular weight excluding hydrogens is 234 g/mol. The van der Waals surface area contributed by atoms with Crippen LogP contribution >= 0.6 is 11.3 Å². The summed E-state index contributed by atoms with van der Waals surface area (Å²) in [7, 11) is 1.95. The predicted octanol–water partition coefficient (Wildman–Crippen LogP) is 1.59. The van der Waals surface area contributed by atoms with Gasteiger partial charge in [-0.1, -0.05) is 6.92 Å². The summed E-state index contributed by atoms with van der Waals surface area (Å²) in [6.45, 7) is 2.07. The largest absolute Gasteiger partial charge is 0.375 e. The quantitative estimate of drug-likeness (QED) is 0.876. The Morgan fingerprint density at radius 3 is 2.76 bits per heavy atom. The number of anilines is 1. The van der Waals surface area contributed by atoms with Crippen LogP contribution in [0.4, 0.5) is 5.13 Å². The van der Waals surface area contributed by atoms with Crippen molar-refractivity contribution in [3.8, 4) is 0 Å². The Hall–Kier alpha value is -1.43. The van der Waals surface area contributed by atoms with Gasteiger partial charge in [-0.25, -0.2) is 9.97 Å². The summed E-state index contributed by atoms with van der Waals surface area (Å²) in [4.78, 5) is 8.71. The Morgan fingerprint density at radius 1 is 1.35 bits per heavy atom. The van der Waals surface area contributed by atoms with E-state index in [2.05, 4.69) is 22.0 Å². The number of nitrogen functional groups attached to an aromatic ring is 1. The molecule has 0 aliphatic carbocycles. The van der Waals surface area contributed by atoms with Crippen LogP contribution in [0.1, 0.15) is 30.7 Å². The molecule has 0 aliphatic heterocycles. The first-order valence-corrected chi connectivity index (χ1v) is 6.65. The number of aryl methyl sites for hydroxylation is 4. The molecule has 17 heavy (non-hydrogen) atoms. The van der Waals surface area contributed by atoms with Crippen LogP contribution in [0.3, 0.4) is 0 Å². The average Bonchev–Trinajstić information content (AvgIpc) is 2.86. The molecule has 2 rings (SSSR count). The normalized spacial score (nSPS) is 10.9. The van der Waals surface area contributed by atoms with Crippen molar-refractivity contribution in [3.63, 3.8) is 0 Å². The minimum Gasteiger partial charge on any atom is -0.375 e. The molecule has 0 aromatic carbocycles. The summed E-state index contributed by atoms with van der Waals surface area (Å²) in [6, 6.07) is 0. The third-order valence-corrected chi connectivity index (χ3v) is 3.34. The van der Waals surface area contributed by atoms with Gasteiger partial charge < -0.3 is 5.73 Å². The van der Waals surface area contributed by atoms with Crippen LogP contribution in [0.5, 0.6) is 0 Å². The summed E-state index contributed by atoms with van der Waals surface area (Å²) in [6.07, 6.45) is 3.79. The lowest BCUT2D eigenvalue weighted by Crippen LogP contribution is -2.00. The summed E-state index contributed by atoms with van der Waals surface area (Å²) in [5, 5.41) is 6.99. The lowest BCUT2D eigenvalue weighted by atomic mass is 10.2. The first kappa shape index (κ1) is 12.0. The monoisotopic (exact) mass is 251 g/mol. The highest BCUT2D eigenvalue weighted by Crippen LogP contribution is 2.13. The summed E-state index contributed by atoms with van der Waals surface area (Å²) in [5.41, 5.74) is 6.66. The van der Waals surface area contributed by atoms with Crippen LogP contribution < -0.4 is 5.73 Å². The van der Waals surface area contributed by atoms with E-state index in [0.29, 0.717) is 5.13 Å². The molecule has 5 nitrogen and oxygen atoms in total. The SMILES string of the molecule is CCc1nc(CCCc2csc(N)n2)n(C)n1. The van der Waals surface area contributed by atoms with E-state index < -0.39 is 0 Å². The number of hydrogen-bond donors (Lipinski definition) is 1. The van der Waals surface area contributed by atoms with Crippen molar-refractivity contribution in [2.24, 2.45) is 7.05 Å². The van der Waals surface area contributed by atoms with Gasteiger partial charge in [0.25, 0.3) is 0 Å². The smallest absolute Gasteiger partial charge is 0.180 e. The Balaban J connectivity index is 1.87. The van der Waals surface area contributed by atoms with Gasteiger partial charge in [-0.15, -0.1) is 11.3 Å². The third kappa shape index (κ3) is 3.03. The number of nitrogens with zero attached hydrogens (tertiary/aromatic N) is 4. The third-order valence-electron chi connectivity index (χ3n) is 2.62. The molecule has 2 aromatic heterocycles. The summed E-state index contributed by atoms with van der Waals surface area (Å²) in [5.74, 6) is 1.96. The molecule has 0 spiro atoms. The lowest BCUT2D eigenvalue weighted by Gasteiger charge is -1.98. The van der Waals surface area contributed by atoms with E-state index in [1.807, 2.05) is 17.1 Å². The molecule has 2 aromatic rings. The zero-order valence-corrected chi connectivity index (χ0v) is 11.0. The van der Waals surface area contributed by atoms with E-state index in [9.17, 15) is 0 Å². The van der Waals surface area contributed by atoms with E-state index in [1.165, 1.54) is 11.3 Å². The highest BCUT2D eigenvalue weighted by Gasteiger charge is 2.06. The first-order valence-electron chi connectivity index (χ1n) is 5.77. The fourth-order valence-corrected chi connectivity index (χ4v) is 2.30. The molecule has 0 bridgehead atoms. The molecule has 0 saturated carbocycles. The molecule has 0 radical (unpaired) electrons. The van der Waals surface area contributed by atoms with Crippen LogP contribution in [-0.2, 0) is 26.3 Å². The molecule has 0 aliphatic rings. The molecule has 2 N–H and O–H groups in total. The van der Waals surface area contributed by atoms with Crippen LogP contribution in [0.25, 0.3) is 0 Å². The van der Waals surface area contributed by atoms with Gasteiger partial charge in [0.1, 0.15) is 5.82 Å². The minimum atomic E-state index is 0.645. The molecule has 92 valence electrons. The molecule has 0 unspecified atom stereocenters. The van der Waals surface area contributed by atoms with Gasteiger partial charge in [0.2, 0.25) is 0 Å². The number of nitrogens with two attached hydrogens (primary N) is 1. The highest BCUT2D eigenvalue weighted by molar-refractivity contribution is 7.13. The minimum absolute atomic E-state index is 0.645. The van der Waals surface area contributed by atoms with Crippen molar-refractivity contribution in [2.45, 2.75) is 32.6 Å². The predicted molar refractivity (Wildman–Crippen MR) is 68.9 cm³/mol. The van der Waals surface area contributed by atoms with Crippen LogP contribution in [0.2, 0.25) is 0 Å². The van der Waals surface area contributed by atoms with Gasteiger partial charge >= 0.3 is 0 Å². The number of thiazole rings is 1. The second-order valence-corrected chi connectivity index (χ2v) is 4.84. The van der Waals surface area contributed by atoms with Crippen LogP contribution in [0.15, 0.2) is 5.38 Å². The maximum atomic E-state index is 5.59. The van der Waals surface area contributed by atoms with Gasteiger partial charge in [-0.3, -0.25) is 4.68 Å². The van der Waals surface area contributed by atoms with E-state index >= 15 is 0 Å². The second kappa shape index (κ2) is 5.27. The topological polar surface area (TPSA) is 69.6 Å². The molecule has 2 heterocycles. The maximum absolute atomic E-state index is 5.59. The van der Waals surface area contributed by atoms with Gasteiger partial charge in [0.15, 0.2) is 11.0 Å². The van der Waals surface area contributed by atoms with E-state index in [-0.39, 0.29) is 0 Å². The van der Waals surface area contributed by atoms with Crippen LogP contribution in [-0.4, -0.2) is 19.7 Å². The zero-order valence-electron chi connectivity index (χ0n) is 10.2. The number of hydrogen-bond acceptors (Lipinski definition) is 5. The van der Waals surface area contributed by atoms with E-state index in [0.717, 1.165) is 43.0 Å². The summed E-state index contributed by atoms with van der Waals surface area (Å²) >= 11 is 1.50. The Kier molecular flexibility index (Phi) is 3.73. The van der Waals surface area contributed by atoms with Crippen molar-refractivity contribution in [3.05, 3.63) is 22.7 Å². The Morgan fingerprint density at radius 2 is 2.18 bits per heavy atom. The van der Waals surface area contributed by atoms with Crippen molar-refractivity contribution < 1.29 is 0 Å². The van der Waals surface area contributed by atoms with E-state index in [4.69, 9.17) is 5.73 Å².